The molecule has 1 amide bonds. The number of rotatable bonds is 3. The number of hydrogen-bond acceptors (Lipinski definition) is 2. The number of benzene rings is 1. The van der Waals surface area contributed by atoms with E-state index in [1.54, 1.807) is 6.92 Å². The molecule has 0 saturated carbocycles. The first-order valence-electron chi connectivity index (χ1n) is 5.66. The van der Waals surface area contributed by atoms with Gasteiger partial charge in [0.15, 0.2) is 0 Å². The van der Waals surface area contributed by atoms with Crippen molar-refractivity contribution in [1.29, 1.82) is 0 Å². The lowest BCUT2D eigenvalue weighted by molar-refractivity contribution is -0.124. The fourth-order valence-electron chi connectivity index (χ4n) is 2.00. The van der Waals surface area contributed by atoms with Crippen LogP contribution < -0.4 is 5.32 Å². The molecule has 1 N–H and O–H groups in total. The Balaban J connectivity index is 2.08. The molecule has 1 aromatic rings. The van der Waals surface area contributed by atoms with E-state index >= 15 is 0 Å². The van der Waals surface area contributed by atoms with Gasteiger partial charge in [0.1, 0.15) is 6.10 Å². The molecule has 16 heavy (non-hydrogen) atoms. The molecule has 2 rings (SSSR count). The lowest BCUT2D eigenvalue weighted by Crippen LogP contribution is -2.26. The topological polar surface area (TPSA) is 38.3 Å². The van der Waals surface area contributed by atoms with Crippen molar-refractivity contribution in [3.63, 3.8) is 0 Å². The van der Waals surface area contributed by atoms with Crippen molar-refractivity contribution in [3.05, 3.63) is 29.3 Å². The first-order chi connectivity index (χ1) is 7.70. The van der Waals surface area contributed by atoms with Crippen molar-refractivity contribution < 1.29 is 9.53 Å². The predicted molar refractivity (Wildman–Crippen MR) is 63.6 cm³/mol. The Morgan fingerprint density at radius 3 is 2.88 bits per heavy atom. The Labute approximate surface area is 95.8 Å². The third-order valence-electron chi connectivity index (χ3n) is 3.09. The van der Waals surface area contributed by atoms with Gasteiger partial charge in [-0.05, 0) is 49.4 Å². The van der Waals surface area contributed by atoms with Crippen LogP contribution in [0.3, 0.4) is 0 Å². The van der Waals surface area contributed by atoms with Gasteiger partial charge in [0, 0.05) is 12.8 Å². The van der Waals surface area contributed by atoms with Gasteiger partial charge in [0.05, 0.1) is 0 Å². The molecule has 0 heterocycles. The molecule has 1 atom stereocenters. The van der Waals surface area contributed by atoms with Crippen LogP contribution in [0.25, 0.3) is 0 Å². The number of fused-ring (bicyclic) bond motifs is 1. The summed E-state index contributed by atoms with van der Waals surface area (Å²) in [7, 11) is 1.53. The van der Waals surface area contributed by atoms with E-state index in [0.29, 0.717) is 0 Å². The zero-order valence-corrected chi connectivity index (χ0v) is 9.75. The molecule has 1 aliphatic carbocycles. The van der Waals surface area contributed by atoms with E-state index in [0.717, 1.165) is 18.5 Å². The van der Waals surface area contributed by atoms with Gasteiger partial charge >= 0.3 is 0 Å². The third-order valence-corrected chi connectivity index (χ3v) is 3.09. The summed E-state index contributed by atoms with van der Waals surface area (Å²) in [5.41, 5.74) is 3.65. The van der Waals surface area contributed by atoms with E-state index in [4.69, 9.17) is 4.74 Å². The Hall–Kier alpha value is -1.35. The minimum atomic E-state index is -0.409. The van der Waals surface area contributed by atoms with Gasteiger partial charge < -0.3 is 10.1 Å². The number of nitrogens with one attached hydrogen (secondary N) is 1. The average Bonchev–Trinajstić information content (AvgIpc) is 2.75. The average molecular weight is 219 g/mol. The van der Waals surface area contributed by atoms with Crippen molar-refractivity contribution in [2.45, 2.75) is 32.3 Å². The van der Waals surface area contributed by atoms with Crippen LogP contribution in [0.2, 0.25) is 0 Å². The molecule has 0 spiro atoms. The van der Waals surface area contributed by atoms with E-state index < -0.39 is 6.10 Å². The Kier molecular flexibility index (Phi) is 3.25. The molecule has 1 aliphatic rings. The fourth-order valence-corrected chi connectivity index (χ4v) is 2.00. The van der Waals surface area contributed by atoms with Crippen molar-refractivity contribution in [2.24, 2.45) is 0 Å². The predicted octanol–water partition coefficient (Wildman–Crippen LogP) is 2.15. The molecule has 0 radical (unpaired) electrons. The number of methoxy groups -OCH3 is 1. The SMILES string of the molecule is COC(C)C(=O)Nc1ccc2c(c1)CCC2. The normalized spacial score (nSPS) is 15.6. The highest BCUT2D eigenvalue weighted by molar-refractivity contribution is 5.94. The maximum Gasteiger partial charge on any atom is 0.253 e. The van der Waals surface area contributed by atoms with Gasteiger partial charge in [-0.25, -0.2) is 0 Å². The van der Waals surface area contributed by atoms with Crippen LogP contribution in [0, 0.1) is 0 Å². The molecule has 1 aromatic carbocycles. The van der Waals surface area contributed by atoms with Crippen molar-refractivity contribution >= 4 is 11.6 Å². The van der Waals surface area contributed by atoms with Crippen LogP contribution in [-0.4, -0.2) is 19.1 Å². The number of carbonyl (C=O) groups excluding carboxylic acids is 1. The van der Waals surface area contributed by atoms with Gasteiger partial charge in [0.25, 0.3) is 5.91 Å². The molecule has 0 bridgehead atoms. The van der Waals surface area contributed by atoms with E-state index in [9.17, 15) is 4.79 Å². The maximum absolute atomic E-state index is 11.6. The standard InChI is InChI=1S/C13H17NO2/c1-9(16-2)13(15)14-12-7-6-10-4-3-5-11(10)8-12/h6-9H,3-5H2,1-2H3,(H,14,15). The number of aryl methyl sites for hydroxylation is 2. The number of anilines is 1. The summed E-state index contributed by atoms with van der Waals surface area (Å²) >= 11 is 0. The molecule has 1 unspecified atom stereocenters. The van der Waals surface area contributed by atoms with Crippen LogP contribution >= 0.6 is 0 Å². The van der Waals surface area contributed by atoms with Gasteiger partial charge in [0.2, 0.25) is 0 Å². The highest BCUT2D eigenvalue weighted by Crippen LogP contribution is 2.24. The van der Waals surface area contributed by atoms with Crippen LogP contribution in [0.1, 0.15) is 24.5 Å². The van der Waals surface area contributed by atoms with E-state index in [1.807, 2.05) is 6.07 Å². The Morgan fingerprint density at radius 2 is 2.12 bits per heavy atom. The lowest BCUT2D eigenvalue weighted by Gasteiger charge is -2.11. The van der Waals surface area contributed by atoms with Crippen molar-refractivity contribution in [1.82, 2.24) is 0 Å². The summed E-state index contributed by atoms with van der Waals surface area (Å²) in [5, 5.41) is 2.86. The summed E-state index contributed by atoms with van der Waals surface area (Å²) in [6.45, 7) is 1.74. The smallest absolute Gasteiger partial charge is 0.253 e. The molecular formula is C13H17NO2. The first kappa shape index (κ1) is 11.1. The largest absolute Gasteiger partial charge is 0.372 e. The van der Waals surface area contributed by atoms with Gasteiger partial charge in [-0.1, -0.05) is 6.07 Å². The summed E-state index contributed by atoms with van der Waals surface area (Å²) in [4.78, 5) is 11.6. The van der Waals surface area contributed by atoms with Crippen LogP contribution in [0.15, 0.2) is 18.2 Å². The minimum absolute atomic E-state index is 0.0968. The number of amides is 1. The summed E-state index contributed by atoms with van der Waals surface area (Å²) in [6, 6.07) is 6.14. The second-order valence-corrected chi connectivity index (χ2v) is 4.20. The molecule has 86 valence electrons. The molecule has 3 nitrogen and oxygen atoms in total. The molecule has 0 saturated heterocycles. The third kappa shape index (κ3) is 2.25. The highest BCUT2D eigenvalue weighted by Gasteiger charge is 2.14. The Morgan fingerprint density at radius 1 is 1.38 bits per heavy atom. The van der Waals surface area contributed by atoms with Gasteiger partial charge in [-0.2, -0.15) is 0 Å². The van der Waals surface area contributed by atoms with Crippen LogP contribution in [0.5, 0.6) is 0 Å². The first-order valence-corrected chi connectivity index (χ1v) is 5.66. The zero-order chi connectivity index (χ0) is 11.5. The Bertz CT molecular complexity index is 401. The van der Waals surface area contributed by atoms with Crippen LogP contribution in [-0.2, 0) is 22.4 Å². The molecule has 0 aliphatic heterocycles. The lowest BCUT2D eigenvalue weighted by atomic mass is 10.1. The number of hydrogen-bond donors (Lipinski definition) is 1. The van der Waals surface area contributed by atoms with Crippen molar-refractivity contribution in [2.75, 3.05) is 12.4 Å². The number of ether oxygens (including phenoxy) is 1. The summed E-state index contributed by atoms with van der Waals surface area (Å²) in [5.74, 6) is -0.0968. The molecule has 0 fully saturated rings. The summed E-state index contributed by atoms with van der Waals surface area (Å²) in [6.07, 6.45) is 3.10. The fraction of sp³-hybridized carbons (Fsp3) is 0.462. The summed E-state index contributed by atoms with van der Waals surface area (Å²) < 4.78 is 4.96. The van der Waals surface area contributed by atoms with Gasteiger partial charge in [-0.3, -0.25) is 4.79 Å². The zero-order valence-electron chi connectivity index (χ0n) is 9.75. The second kappa shape index (κ2) is 4.66. The van der Waals surface area contributed by atoms with Crippen molar-refractivity contribution in [3.8, 4) is 0 Å². The molecular weight excluding hydrogens is 202 g/mol. The van der Waals surface area contributed by atoms with E-state index in [2.05, 4.69) is 17.4 Å². The molecule has 0 aromatic heterocycles. The highest BCUT2D eigenvalue weighted by atomic mass is 16.5. The second-order valence-electron chi connectivity index (χ2n) is 4.20. The van der Waals surface area contributed by atoms with Crippen LogP contribution in [0.4, 0.5) is 5.69 Å². The van der Waals surface area contributed by atoms with E-state index in [1.165, 1.54) is 24.7 Å². The maximum atomic E-state index is 11.6. The minimum Gasteiger partial charge on any atom is -0.372 e. The monoisotopic (exact) mass is 219 g/mol. The van der Waals surface area contributed by atoms with Gasteiger partial charge in [-0.15, -0.1) is 0 Å². The molecule has 3 heteroatoms. The quantitative estimate of drug-likeness (QED) is 0.846. The van der Waals surface area contributed by atoms with E-state index in [-0.39, 0.29) is 5.91 Å². The number of carbonyl (C=O) groups is 1.